The van der Waals surface area contributed by atoms with Gasteiger partial charge in [0, 0.05) is 13.0 Å². The van der Waals surface area contributed by atoms with Crippen molar-refractivity contribution in [3.63, 3.8) is 0 Å². The van der Waals surface area contributed by atoms with Gasteiger partial charge in [-0.1, -0.05) is 174 Å². The first-order valence-corrected chi connectivity index (χ1v) is 22.5. The molecule has 0 saturated carbocycles. The maximum Gasteiger partial charge on any atom is 0.234 e. The summed E-state index contributed by atoms with van der Waals surface area (Å²) in [5.74, 6) is -0.606. The molecular weight excluding hydrogens is 666 g/mol. The molecule has 1 heterocycles. The van der Waals surface area contributed by atoms with E-state index < -0.39 is 43.1 Å². The van der Waals surface area contributed by atoms with Crippen LogP contribution in [0.3, 0.4) is 0 Å². The van der Waals surface area contributed by atoms with E-state index in [0.717, 1.165) is 57.8 Å². The lowest BCUT2D eigenvalue weighted by Gasteiger charge is -2.46. The van der Waals surface area contributed by atoms with E-state index in [9.17, 15) is 24.9 Å². The van der Waals surface area contributed by atoms with Crippen molar-refractivity contribution < 1.29 is 29.6 Å². The largest absolute Gasteiger partial charge is 0.394 e. The van der Waals surface area contributed by atoms with Gasteiger partial charge in [0.2, 0.25) is 11.8 Å². The molecule has 312 valence electrons. The van der Waals surface area contributed by atoms with Crippen LogP contribution in [0.4, 0.5) is 0 Å². The van der Waals surface area contributed by atoms with Crippen LogP contribution in [0.2, 0.25) is 0 Å². The molecule has 1 aliphatic rings. The number of allylic oxidation sites excluding steroid dienone is 2. The second-order valence-electron chi connectivity index (χ2n) is 15.8. The summed E-state index contributed by atoms with van der Waals surface area (Å²) in [4.78, 5) is 27.7. The Labute approximate surface area is 325 Å². The average Bonchev–Trinajstić information content (AvgIpc) is 3.16. The van der Waals surface area contributed by atoms with Crippen molar-refractivity contribution >= 4 is 11.8 Å². The molecule has 0 aromatic carbocycles. The smallest absolute Gasteiger partial charge is 0.234 e. The molecule has 1 rings (SSSR count). The van der Waals surface area contributed by atoms with Gasteiger partial charge in [0.1, 0.15) is 24.4 Å². The average molecular weight is 752 g/mol. The Kier molecular flexibility index (Phi) is 32.6. The second kappa shape index (κ2) is 34.9. The second-order valence-corrected chi connectivity index (χ2v) is 15.8. The molecule has 0 aromatic rings. The van der Waals surface area contributed by atoms with E-state index in [-0.39, 0.29) is 12.5 Å². The normalized spacial score (nSPS) is 20.3. The Balaban J connectivity index is 2.51. The molecule has 1 fully saturated rings. The predicted octanol–water partition coefficient (Wildman–Crippen LogP) is 9.00. The summed E-state index contributed by atoms with van der Waals surface area (Å²) in [5.41, 5.74) is 5.56. The number of amides is 2. The Morgan fingerprint density at radius 2 is 1.04 bits per heavy atom. The molecular formula is C44H85N3O6. The third-order valence-corrected chi connectivity index (χ3v) is 10.9. The van der Waals surface area contributed by atoms with Crippen LogP contribution in [0.1, 0.15) is 206 Å². The molecule has 5 atom stereocenters. The molecule has 6 N–H and O–H groups in total. The summed E-state index contributed by atoms with van der Waals surface area (Å²) in [6.07, 6.45) is 35.6. The van der Waals surface area contributed by atoms with E-state index in [1.165, 1.54) is 128 Å². The van der Waals surface area contributed by atoms with E-state index in [1.807, 2.05) is 0 Å². The van der Waals surface area contributed by atoms with Crippen molar-refractivity contribution in [2.24, 2.45) is 5.73 Å². The minimum absolute atomic E-state index is 0.0964. The van der Waals surface area contributed by atoms with Gasteiger partial charge < -0.3 is 36.0 Å². The molecule has 0 bridgehead atoms. The summed E-state index contributed by atoms with van der Waals surface area (Å²) < 4.78 is 6.05. The maximum absolute atomic E-state index is 13.7. The van der Waals surface area contributed by atoms with Gasteiger partial charge in [-0.15, -0.1) is 0 Å². The van der Waals surface area contributed by atoms with Crippen LogP contribution < -0.4 is 11.1 Å². The summed E-state index contributed by atoms with van der Waals surface area (Å²) >= 11 is 0. The Morgan fingerprint density at radius 3 is 1.47 bits per heavy atom. The molecule has 9 heteroatoms. The van der Waals surface area contributed by atoms with Crippen LogP contribution in [-0.2, 0) is 14.3 Å². The number of carbonyl (C=O) groups is 2. The first-order chi connectivity index (χ1) is 25.9. The van der Waals surface area contributed by atoms with Gasteiger partial charge in [0.25, 0.3) is 0 Å². The molecule has 0 unspecified atom stereocenters. The summed E-state index contributed by atoms with van der Waals surface area (Å²) in [5, 5.41) is 34.1. The predicted molar refractivity (Wildman–Crippen MR) is 219 cm³/mol. The number of nitrogens with one attached hydrogen (secondary N) is 1. The third-order valence-electron chi connectivity index (χ3n) is 10.9. The van der Waals surface area contributed by atoms with Crippen LogP contribution in [0.5, 0.6) is 0 Å². The van der Waals surface area contributed by atoms with E-state index in [4.69, 9.17) is 10.5 Å². The maximum atomic E-state index is 13.7. The molecule has 0 aromatic heterocycles. The van der Waals surface area contributed by atoms with E-state index >= 15 is 0 Å². The van der Waals surface area contributed by atoms with Crippen LogP contribution in [0, 0.1) is 0 Å². The molecule has 1 aliphatic heterocycles. The minimum Gasteiger partial charge on any atom is -0.394 e. The number of hydrogen-bond donors (Lipinski definition) is 5. The van der Waals surface area contributed by atoms with Crippen LogP contribution in [0.15, 0.2) is 12.2 Å². The van der Waals surface area contributed by atoms with Crippen molar-refractivity contribution in [3.8, 4) is 0 Å². The highest BCUT2D eigenvalue weighted by Crippen LogP contribution is 2.26. The lowest BCUT2D eigenvalue weighted by molar-refractivity contribution is -0.231. The number of rotatable bonds is 36. The zero-order valence-electron chi connectivity index (χ0n) is 34.5. The standard InChI is InChI=1S/C44H85N3O6/c1-3-5-7-9-11-13-15-17-19-21-23-25-27-29-31-33-35-47(44-41(46-39(49)36-45)43(52)42(51)38(37-48)53-44)40(50)34-32-30-28-26-24-22-20-18-16-14-12-10-8-6-4-2/h18,20,38,41-44,48,51-52H,3-17,19,21-37,45H2,1-2H3,(H,46,49)/b20-18+/t38-,41-,42-,43-,44-/m1/s1. The van der Waals surface area contributed by atoms with Gasteiger partial charge in [-0.25, -0.2) is 0 Å². The summed E-state index contributed by atoms with van der Waals surface area (Å²) in [6, 6.07) is -1.05. The van der Waals surface area contributed by atoms with Crippen molar-refractivity contribution in [1.29, 1.82) is 0 Å². The van der Waals surface area contributed by atoms with Gasteiger partial charge in [0.15, 0.2) is 6.23 Å². The molecule has 0 aliphatic carbocycles. The highest BCUT2D eigenvalue weighted by molar-refractivity contribution is 5.79. The number of hydrogen-bond acceptors (Lipinski definition) is 7. The highest BCUT2D eigenvalue weighted by Gasteiger charge is 2.48. The fourth-order valence-electron chi connectivity index (χ4n) is 7.48. The molecule has 0 radical (unpaired) electrons. The van der Waals surface area contributed by atoms with Gasteiger partial charge in [0.05, 0.1) is 13.2 Å². The van der Waals surface area contributed by atoms with Crippen molar-refractivity contribution in [2.45, 2.75) is 237 Å². The van der Waals surface area contributed by atoms with Crippen molar-refractivity contribution in [3.05, 3.63) is 12.2 Å². The van der Waals surface area contributed by atoms with Crippen LogP contribution >= 0.6 is 0 Å². The highest BCUT2D eigenvalue weighted by atomic mass is 16.5. The van der Waals surface area contributed by atoms with Gasteiger partial charge in [-0.2, -0.15) is 0 Å². The fraction of sp³-hybridized carbons (Fsp3) is 0.909. The zero-order chi connectivity index (χ0) is 38.8. The number of unbranched alkanes of at least 4 members (excludes halogenated alkanes) is 26. The SMILES string of the molecule is CCCCCCCC/C=C/CCCCCCCC(=O)N(CCCCCCCCCCCCCCCCCC)[C@@H]1O[C@H](CO)[C@@H](O)[C@H](O)[C@H]1NC(=O)CN. The lowest BCUT2D eigenvalue weighted by atomic mass is 9.94. The lowest BCUT2D eigenvalue weighted by Crippen LogP contribution is -2.69. The van der Waals surface area contributed by atoms with Crippen molar-refractivity contribution in [2.75, 3.05) is 19.7 Å². The Bertz CT molecular complexity index is 889. The molecule has 0 spiro atoms. The number of nitrogens with two attached hydrogens (primary N) is 1. The number of carbonyl (C=O) groups excluding carboxylic acids is 2. The first-order valence-electron chi connectivity index (χ1n) is 22.5. The summed E-state index contributed by atoms with van der Waals surface area (Å²) in [7, 11) is 0. The van der Waals surface area contributed by atoms with Gasteiger partial charge in [-0.05, 0) is 38.5 Å². The van der Waals surface area contributed by atoms with Gasteiger partial charge in [-0.3, -0.25) is 9.59 Å². The number of nitrogens with zero attached hydrogens (tertiary/aromatic N) is 1. The van der Waals surface area contributed by atoms with E-state index in [2.05, 4.69) is 31.3 Å². The first kappa shape index (κ1) is 49.5. The van der Waals surface area contributed by atoms with E-state index in [0.29, 0.717) is 13.0 Å². The van der Waals surface area contributed by atoms with Gasteiger partial charge >= 0.3 is 0 Å². The number of aliphatic hydroxyl groups excluding tert-OH is 3. The molecule has 53 heavy (non-hydrogen) atoms. The number of aliphatic hydroxyl groups is 3. The fourth-order valence-corrected chi connectivity index (χ4v) is 7.48. The van der Waals surface area contributed by atoms with E-state index in [1.54, 1.807) is 4.90 Å². The molecule has 9 nitrogen and oxygen atoms in total. The topological polar surface area (TPSA) is 145 Å². The quantitative estimate of drug-likeness (QED) is 0.0317. The molecule has 1 saturated heterocycles. The monoisotopic (exact) mass is 752 g/mol. The number of ether oxygens (including phenoxy) is 1. The summed E-state index contributed by atoms with van der Waals surface area (Å²) in [6.45, 7) is 4.13. The zero-order valence-corrected chi connectivity index (χ0v) is 34.5. The Morgan fingerprint density at radius 1 is 0.623 bits per heavy atom. The van der Waals surface area contributed by atoms with Crippen LogP contribution in [-0.4, -0.2) is 82.3 Å². The van der Waals surface area contributed by atoms with Crippen molar-refractivity contribution in [1.82, 2.24) is 10.2 Å². The molecule has 2 amide bonds. The van der Waals surface area contributed by atoms with Crippen LogP contribution in [0.25, 0.3) is 0 Å². The third kappa shape index (κ3) is 24.6. The minimum atomic E-state index is -1.41. The Hall–Kier alpha value is -1.52.